The van der Waals surface area contributed by atoms with Crippen molar-refractivity contribution < 1.29 is 23.8 Å². The Morgan fingerprint density at radius 2 is 1.83 bits per heavy atom. The first-order valence-corrected chi connectivity index (χ1v) is 12.6. The topological polar surface area (TPSA) is 93.2 Å². The third-order valence-electron chi connectivity index (χ3n) is 7.69. The van der Waals surface area contributed by atoms with Gasteiger partial charge in [0.25, 0.3) is 0 Å². The molecule has 192 valence electrons. The van der Waals surface area contributed by atoms with Crippen LogP contribution in [0.15, 0.2) is 42.7 Å². The fraction of sp³-hybridized carbons (Fsp3) is 0.519. The number of aromatic nitrogens is 1. The van der Waals surface area contributed by atoms with Crippen molar-refractivity contribution in [1.82, 2.24) is 20.1 Å². The van der Waals surface area contributed by atoms with Crippen molar-refractivity contribution in [2.75, 3.05) is 47.0 Å². The molecule has 4 heterocycles. The Kier molecular flexibility index (Phi) is 7.27. The number of methoxy groups -OCH3 is 2. The third kappa shape index (κ3) is 4.97. The molecule has 3 aliphatic rings. The average Bonchev–Trinajstić information content (AvgIpc) is 2.93. The number of amides is 3. The van der Waals surface area contributed by atoms with Gasteiger partial charge in [-0.3, -0.25) is 9.78 Å². The zero-order valence-electron chi connectivity index (χ0n) is 20.9. The molecule has 5 rings (SSSR count). The summed E-state index contributed by atoms with van der Waals surface area (Å²) in [6, 6.07) is 10.1. The van der Waals surface area contributed by atoms with E-state index in [9.17, 15) is 9.59 Å². The van der Waals surface area contributed by atoms with Crippen molar-refractivity contribution in [3.8, 4) is 11.5 Å². The molecule has 0 bridgehead atoms. The lowest BCUT2D eigenvalue weighted by Crippen LogP contribution is -2.62. The normalized spacial score (nSPS) is 23.4. The van der Waals surface area contributed by atoms with Crippen LogP contribution in [0.3, 0.4) is 0 Å². The van der Waals surface area contributed by atoms with E-state index in [1.54, 1.807) is 20.4 Å². The summed E-state index contributed by atoms with van der Waals surface area (Å²) >= 11 is 0. The van der Waals surface area contributed by atoms with Crippen LogP contribution in [0.25, 0.3) is 0 Å². The summed E-state index contributed by atoms with van der Waals surface area (Å²) in [6.45, 7) is 2.65. The second-order valence-electron chi connectivity index (χ2n) is 9.74. The average molecular weight is 495 g/mol. The van der Waals surface area contributed by atoms with Crippen LogP contribution in [0.4, 0.5) is 4.79 Å². The minimum atomic E-state index is -0.124. The molecule has 2 unspecified atom stereocenters. The van der Waals surface area contributed by atoms with Gasteiger partial charge in [-0.05, 0) is 54.5 Å². The van der Waals surface area contributed by atoms with E-state index in [-0.39, 0.29) is 36.6 Å². The molecule has 2 aromatic rings. The molecule has 3 atom stereocenters. The van der Waals surface area contributed by atoms with Gasteiger partial charge in [-0.25, -0.2) is 4.79 Å². The van der Waals surface area contributed by atoms with Gasteiger partial charge < -0.3 is 29.3 Å². The maximum Gasteiger partial charge on any atom is 0.320 e. The van der Waals surface area contributed by atoms with Gasteiger partial charge in [-0.2, -0.15) is 0 Å². The number of rotatable bonds is 5. The molecule has 0 saturated carbocycles. The Morgan fingerprint density at radius 3 is 2.56 bits per heavy atom. The highest BCUT2D eigenvalue weighted by molar-refractivity contribution is 5.79. The summed E-state index contributed by atoms with van der Waals surface area (Å²) in [5.41, 5.74) is 2.31. The second-order valence-corrected chi connectivity index (χ2v) is 9.74. The third-order valence-corrected chi connectivity index (χ3v) is 7.69. The number of fused-ring (bicyclic) bond motifs is 1. The lowest BCUT2D eigenvalue weighted by atomic mass is 9.76. The molecule has 0 radical (unpaired) electrons. The SMILES string of the molecule is COc1ccc(C(c2cccnc2)C2CCN(C(=O)N3CCC4OCC(=O)N[C@@H]4C3)CC2)cc1OC. The lowest BCUT2D eigenvalue weighted by Gasteiger charge is -2.44. The number of hydrogen-bond donors (Lipinski definition) is 1. The van der Waals surface area contributed by atoms with Gasteiger partial charge in [0, 0.05) is 44.5 Å². The van der Waals surface area contributed by atoms with E-state index in [0.29, 0.717) is 43.6 Å². The van der Waals surface area contributed by atoms with Crippen LogP contribution in [-0.4, -0.2) is 85.9 Å². The van der Waals surface area contributed by atoms with Crippen molar-refractivity contribution in [1.29, 1.82) is 0 Å². The first-order valence-electron chi connectivity index (χ1n) is 12.6. The first-order chi connectivity index (χ1) is 17.6. The van der Waals surface area contributed by atoms with E-state index in [0.717, 1.165) is 30.4 Å². The molecule has 0 spiro atoms. The fourth-order valence-corrected chi connectivity index (χ4v) is 5.84. The molecule has 36 heavy (non-hydrogen) atoms. The van der Waals surface area contributed by atoms with E-state index in [1.165, 1.54) is 0 Å². The van der Waals surface area contributed by atoms with Crippen molar-refractivity contribution in [2.45, 2.75) is 37.3 Å². The van der Waals surface area contributed by atoms with E-state index in [1.807, 2.05) is 28.1 Å². The molecule has 3 amide bonds. The highest BCUT2D eigenvalue weighted by Gasteiger charge is 2.38. The van der Waals surface area contributed by atoms with E-state index in [2.05, 4.69) is 28.5 Å². The Hall–Kier alpha value is -3.33. The smallest absolute Gasteiger partial charge is 0.320 e. The van der Waals surface area contributed by atoms with Crippen molar-refractivity contribution >= 4 is 11.9 Å². The summed E-state index contributed by atoms with van der Waals surface area (Å²) in [5.74, 6) is 1.80. The molecule has 9 nitrogen and oxygen atoms in total. The van der Waals surface area contributed by atoms with Gasteiger partial charge in [0.15, 0.2) is 11.5 Å². The van der Waals surface area contributed by atoms with Crippen LogP contribution in [-0.2, 0) is 9.53 Å². The Bertz CT molecular complexity index is 1070. The second kappa shape index (κ2) is 10.7. The number of hydrogen-bond acceptors (Lipinski definition) is 6. The summed E-state index contributed by atoms with van der Waals surface area (Å²) in [4.78, 5) is 33.3. The lowest BCUT2D eigenvalue weighted by molar-refractivity contribution is -0.139. The number of nitrogens with zero attached hydrogens (tertiary/aromatic N) is 3. The number of ether oxygens (including phenoxy) is 3. The summed E-state index contributed by atoms with van der Waals surface area (Å²) in [5, 5.41) is 2.98. The van der Waals surface area contributed by atoms with Crippen molar-refractivity contribution in [2.24, 2.45) is 5.92 Å². The van der Waals surface area contributed by atoms with Gasteiger partial charge in [0.1, 0.15) is 6.61 Å². The standard InChI is InChI=1S/C27H34N4O5/c1-34-23-6-5-19(14-24(23)35-2)26(20-4-3-10-28-15-20)18-7-11-30(12-8-18)27(33)31-13-9-22-21(16-31)29-25(32)17-36-22/h3-6,10,14-15,18,21-22,26H,7-9,11-13,16-17H2,1-2H3,(H,29,32)/t21-,22?,26?/m1/s1. The summed E-state index contributed by atoms with van der Waals surface area (Å²) < 4.78 is 16.7. The number of nitrogens with one attached hydrogen (secondary N) is 1. The fourth-order valence-electron chi connectivity index (χ4n) is 5.84. The summed E-state index contributed by atoms with van der Waals surface area (Å²) in [6.07, 6.45) is 6.25. The predicted molar refractivity (Wildman–Crippen MR) is 133 cm³/mol. The summed E-state index contributed by atoms with van der Waals surface area (Å²) in [7, 11) is 3.29. The number of pyridine rings is 1. The van der Waals surface area contributed by atoms with Crippen LogP contribution >= 0.6 is 0 Å². The van der Waals surface area contributed by atoms with Crippen LogP contribution in [0.1, 0.15) is 36.3 Å². The maximum atomic E-state index is 13.3. The number of piperidine rings is 2. The quantitative estimate of drug-likeness (QED) is 0.687. The minimum Gasteiger partial charge on any atom is -0.493 e. The Morgan fingerprint density at radius 1 is 1.06 bits per heavy atom. The van der Waals surface area contributed by atoms with Gasteiger partial charge in [0.2, 0.25) is 5.91 Å². The minimum absolute atomic E-state index is 0.000727. The van der Waals surface area contributed by atoms with Crippen LogP contribution in [0, 0.1) is 5.92 Å². The molecule has 0 aliphatic carbocycles. The number of carbonyl (C=O) groups excluding carboxylic acids is 2. The van der Waals surface area contributed by atoms with Gasteiger partial charge in [-0.1, -0.05) is 12.1 Å². The zero-order valence-corrected chi connectivity index (χ0v) is 20.9. The molecule has 1 aromatic carbocycles. The van der Waals surface area contributed by atoms with Crippen LogP contribution < -0.4 is 14.8 Å². The molecular formula is C27H34N4O5. The van der Waals surface area contributed by atoms with Crippen LogP contribution in [0.5, 0.6) is 11.5 Å². The molecule has 9 heteroatoms. The van der Waals surface area contributed by atoms with E-state index < -0.39 is 0 Å². The molecule has 1 aromatic heterocycles. The Balaban J connectivity index is 1.28. The number of likely N-dealkylation sites (tertiary alicyclic amines) is 2. The zero-order chi connectivity index (χ0) is 25.1. The monoisotopic (exact) mass is 494 g/mol. The molecule has 3 saturated heterocycles. The number of benzene rings is 1. The van der Waals surface area contributed by atoms with Gasteiger partial charge >= 0.3 is 6.03 Å². The molecule has 1 N–H and O–H groups in total. The van der Waals surface area contributed by atoms with Crippen LogP contribution in [0.2, 0.25) is 0 Å². The highest BCUT2D eigenvalue weighted by atomic mass is 16.5. The number of carbonyl (C=O) groups is 2. The maximum absolute atomic E-state index is 13.3. The molecular weight excluding hydrogens is 460 g/mol. The number of morpholine rings is 1. The van der Waals surface area contributed by atoms with Crippen molar-refractivity contribution in [3.63, 3.8) is 0 Å². The van der Waals surface area contributed by atoms with E-state index in [4.69, 9.17) is 14.2 Å². The number of urea groups is 1. The van der Waals surface area contributed by atoms with Gasteiger partial charge in [-0.15, -0.1) is 0 Å². The van der Waals surface area contributed by atoms with Crippen molar-refractivity contribution in [3.05, 3.63) is 53.9 Å². The van der Waals surface area contributed by atoms with Gasteiger partial charge in [0.05, 0.1) is 26.4 Å². The largest absolute Gasteiger partial charge is 0.493 e. The predicted octanol–water partition coefficient (Wildman–Crippen LogP) is 2.65. The Labute approximate surface area is 211 Å². The highest BCUT2D eigenvalue weighted by Crippen LogP contribution is 2.41. The van der Waals surface area contributed by atoms with E-state index >= 15 is 0 Å². The molecule has 3 fully saturated rings. The first kappa shape index (κ1) is 24.4. The molecule has 3 aliphatic heterocycles.